The van der Waals surface area contributed by atoms with Crippen LogP contribution in [0.4, 0.5) is 10.5 Å². The summed E-state index contributed by atoms with van der Waals surface area (Å²) in [4.78, 5) is 24.7. The van der Waals surface area contributed by atoms with Crippen molar-refractivity contribution in [3.05, 3.63) is 28.7 Å². The third kappa shape index (κ3) is 3.72. The number of halogens is 1. The van der Waals surface area contributed by atoms with E-state index in [1.54, 1.807) is 6.07 Å². The van der Waals surface area contributed by atoms with Crippen LogP contribution in [0.3, 0.4) is 0 Å². The second-order valence-electron chi connectivity index (χ2n) is 4.87. The SMILES string of the molecule is O=C(O)CN(C(=O)Nc1ccccc1Br)C1CCCC1. The first-order valence-electron chi connectivity index (χ1n) is 6.62. The molecule has 0 aromatic heterocycles. The number of carboxylic acids is 1. The number of carboxylic acid groups (broad SMARTS) is 1. The summed E-state index contributed by atoms with van der Waals surface area (Å²) in [5, 5.41) is 11.8. The van der Waals surface area contributed by atoms with E-state index in [0.717, 1.165) is 30.2 Å². The van der Waals surface area contributed by atoms with E-state index in [-0.39, 0.29) is 18.6 Å². The molecular weight excluding hydrogens is 324 g/mol. The smallest absolute Gasteiger partial charge is 0.323 e. The molecule has 1 aliphatic rings. The Morgan fingerprint density at radius 3 is 2.55 bits per heavy atom. The molecule has 0 spiro atoms. The third-order valence-corrected chi connectivity index (χ3v) is 4.14. The van der Waals surface area contributed by atoms with E-state index in [9.17, 15) is 9.59 Å². The van der Waals surface area contributed by atoms with Gasteiger partial charge in [0.25, 0.3) is 0 Å². The molecule has 2 rings (SSSR count). The second kappa shape index (κ2) is 6.74. The lowest BCUT2D eigenvalue weighted by Gasteiger charge is -2.27. The molecule has 5 nitrogen and oxygen atoms in total. The van der Waals surface area contributed by atoms with Crippen LogP contribution in [0.1, 0.15) is 25.7 Å². The molecule has 0 aliphatic heterocycles. The molecule has 1 fully saturated rings. The van der Waals surface area contributed by atoms with Crippen molar-refractivity contribution in [2.45, 2.75) is 31.7 Å². The highest BCUT2D eigenvalue weighted by molar-refractivity contribution is 9.10. The Morgan fingerprint density at radius 2 is 1.95 bits per heavy atom. The predicted molar refractivity (Wildman–Crippen MR) is 79.8 cm³/mol. The van der Waals surface area contributed by atoms with Gasteiger partial charge in [-0.15, -0.1) is 0 Å². The van der Waals surface area contributed by atoms with Crippen LogP contribution in [0.25, 0.3) is 0 Å². The van der Waals surface area contributed by atoms with Crippen molar-refractivity contribution in [3.63, 3.8) is 0 Å². The van der Waals surface area contributed by atoms with E-state index < -0.39 is 5.97 Å². The Hall–Kier alpha value is -1.56. The minimum Gasteiger partial charge on any atom is -0.480 e. The number of carbonyl (C=O) groups is 2. The lowest BCUT2D eigenvalue weighted by Crippen LogP contribution is -2.44. The summed E-state index contributed by atoms with van der Waals surface area (Å²) < 4.78 is 0.773. The van der Waals surface area contributed by atoms with Gasteiger partial charge >= 0.3 is 12.0 Å². The molecule has 1 aromatic rings. The molecule has 1 saturated carbocycles. The summed E-state index contributed by atoms with van der Waals surface area (Å²) in [6, 6.07) is 6.94. The van der Waals surface area contributed by atoms with Crippen molar-refractivity contribution >= 4 is 33.6 Å². The molecule has 2 N–H and O–H groups in total. The number of nitrogens with zero attached hydrogens (tertiary/aromatic N) is 1. The van der Waals surface area contributed by atoms with Gasteiger partial charge in [0.05, 0.1) is 5.69 Å². The van der Waals surface area contributed by atoms with Gasteiger partial charge in [-0.05, 0) is 40.9 Å². The van der Waals surface area contributed by atoms with Gasteiger partial charge in [0.15, 0.2) is 0 Å². The van der Waals surface area contributed by atoms with Gasteiger partial charge < -0.3 is 15.3 Å². The molecule has 6 heteroatoms. The zero-order chi connectivity index (χ0) is 14.5. The second-order valence-corrected chi connectivity index (χ2v) is 5.72. The Bertz CT molecular complexity index is 501. The van der Waals surface area contributed by atoms with Gasteiger partial charge in [-0.2, -0.15) is 0 Å². The number of urea groups is 1. The third-order valence-electron chi connectivity index (χ3n) is 3.45. The highest BCUT2D eigenvalue weighted by Gasteiger charge is 2.28. The fourth-order valence-electron chi connectivity index (χ4n) is 2.48. The number of amides is 2. The van der Waals surface area contributed by atoms with Crippen molar-refractivity contribution in [1.82, 2.24) is 4.90 Å². The monoisotopic (exact) mass is 340 g/mol. The number of para-hydroxylation sites is 1. The number of nitrogens with one attached hydrogen (secondary N) is 1. The molecule has 0 bridgehead atoms. The van der Waals surface area contributed by atoms with E-state index >= 15 is 0 Å². The lowest BCUT2D eigenvalue weighted by atomic mass is 10.2. The van der Waals surface area contributed by atoms with E-state index in [0.29, 0.717) is 5.69 Å². The number of hydrogen-bond donors (Lipinski definition) is 2. The molecule has 108 valence electrons. The van der Waals surface area contributed by atoms with Gasteiger partial charge in [0.2, 0.25) is 0 Å². The van der Waals surface area contributed by atoms with Crippen LogP contribution in [0.5, 0.6) is 0 Å². The zero-order valence-electron chi connectivity index (χ0n) is 11.0. The van der Waals surface area contributed by atoms with Crippen molar-refractivity contribution in [2.75, 3.05) is 11.9 Å². The number of benzene rings is 1. The topological polar surface area (TPSA) is 69.6 Å². The van der Waals surface area contributed by atoms with Crippen molar-refractivity contribution in [1.29, 1.82) is 0 Å². The Balaban J connectivity index is 2.09. The van der Waals surface area contributed by atoms with Crippen LogP contribution in [-0.2, 0) is 4.79 Å². The number of anilines is 1. The maximum Gasteiger partial charge on any atom is 0.323 e. The van der Waals surface area contributed by atoms with Gasteiger partial charge in [0, 0.05) is 10.5 Å². The molecule has 1 aromatic carbocycles. The summed E-state index contributed by atoms with van der Waals surface area (Å²) in [6.45, 7) is -0.263. The summed E-state index contributed by atoms with van der Waals surface area (Å²) >= 11 is 3.36. The largest absolute Gasteiger partial charge is 0.480 e. The summed E-state index contributed by atoms with van der Waals surface area (Å²) in [5.41, 5.74) is 0.644. The van der Waals surface area contributed by atoms with Crippen molar-refractivity contribution in [3.8, 4) is 0 Å². The molecule has 1 aliphatic carbocycles. The standard InChI is InChI=1S/C14H17BrN2O3/c15-11-7-3-4-8-12(11)16-14(20)17(9-13(18)19)10-5-1-2-6-10/h3-4,7-8,10H,1-2,5-6,9H2,(H,16,20)(H,18,19). The van der Waals surface area contributed by atoms with Gasteiger partial charge in [-0.3, -0.25) is 4.79 Å². The van der Waals surface area contributed by atoms with E-state index in [4.69, 9.17) is 5.11 Å². The van der Waals surface area contributed by atoms with Crippen LogP contribution >= 0.6 is 15.9 Å². The maximum atomic E-state index is 12.3. The average Bonchev–Trinajstić information content (AvgIpc) is 2.92. The van der Waals surface area contributed by atoms with Crippen molar-refractivity contribution in [2.24, 2.45) is 0 Å². The van der Waals surface area contributed by atoms with Gasteiger partial charge in [-0.25, -0.2) is 4.79 Å². The number of carbonyl (C=O) groups excluding carboxylic acids is 1. The molecular formula is C14H17BrN2O3. The molecule has 20 heavy (non-hydrogen) atoms. The van der Waals surface area contributed by atoms with Gasteiger partial charge in [-0.1, -0.05) is 25.0 Å². The number of aliphatic carboxylic acids is 1. The number of rotatable bonds is 4. The molecule has 0 atom stereocenters. The van der Waals surface area contributed by atoms with Crippen LogP contribution in [-0.4, -0.2) is 34.6 Å². The molecule has 2 amide bonds. The Morgan fingerprint density at radius 1 is 1.30 bits per heavy atom. The van der Waals surface area contributed by atoms with Gasteiger partial charge in [0.1, 0.15) is 6.54 Å². The summed E-state index contributed by atoms with van der Waals surface area (Å²) in [7, 11) is 0. The van der Waals surface area contributed by atoms with E-state index in [1.165, 1.54) is 4.90 Å². The first-order chi connectivity index (χ1) is 9.58. The number of hydrogen-bond acceptors (Lipinski definition) is 2. The minimum atomic E-state index is -0.987. The quantitative estimate of drug-likeness (QED) is 0.883. The molecule has 0 saturated heterocycles. The van der Waals surface area contributed by atoms with E-state index in [1.807, 2.05) is 18.2 Å². The highest BCUT2D eigenvalue weighted by atomic mass is 79.9. The fraction of sp³-hybridized carbons (Fsp3) is 0.429. The molecule has 0 radical (unpaired) electrons. The van der Waals surface area contributed by atoms with Crippen LogP contribution in [0.15, 0.2) is 28.7 Å². The maximum absolute atomic E-state index is 12.3. The predicted octanol–water partition coefficient (Wildman–Crippen LogP) is 3.31. The fourth-order valence-corrected chi connectivity index (χ4v) is 2.86. The minimum absolute atomic E-state index is 0.0218. The zero-order valence-corrected chi connectivity index (χ0v) is 12.6. The van der Waals surface area contributed by atoms with Crippen LogP contribution in [0, 0.1) is 0 Å². The highest BCUT2D eigenvalue weighted by Crippen LogP contribution is 2.26. The summed E-state index contributed by atoms with van der Waals surface area (Å²) in [5.74, 6) is -0.987. The first kappa shape index (κ1) is 14.8. The first-order valence-corrected chi connectivity index (χ1v) is 7.41. The van der Waals surface area contributed by atoms with Crippen LogP contribution in [0.2, 0.25) is 0 Å². The summed E-state index contributed by atoms with van der Waals surface area (Å²) in [6.07, 6.45) is 3.83. The normalized spacial score (nSPS) is 15.1. The van der Waals surface area contributed by atoms with Crippen molar-refractivity contribution < 1.29 is 14.7 Å². The molecule has 0 unspecified atom stereocenters. The van der Waals surface area contributed by atoms with Crippen LogP contribution < -0.4 is 5.32 Å². The molecule has 0 heterocycles. The average molecular weight is 341 g/mol. The van der Waals surface area contributed by atoms with E-state index in [2.05, 4.69) is 21.2 Å². The Kier molecular flexibility index (Phi) is 5.00. The Labute approximate surface area is 126 Å². The lowest BCUT2D eigenvalue weighted by molar-refractivity contribution is -0.138.